The Kier molecular flexibility index (Phi) is 4.75. The first-order chi connectivity index (χ1) is 13.1. The van der Waals surface area contributed by atoms with Crippen LogP contribution in [0.25, 0.3) is 0 Å². The second-order valence-corrected chi connectivity index (χ2v) is 7.37. The van der Waals surface area contributed by atoms with Crippen LogP contribution in [0.3, 0.4) is 0 Å². The van der Waals surface area contributed by atoms with Gasteiger partial charge in [-0.05, 0) is 23.5 Å². The monoisotopic (exact) mass is 364 g/mol. The van der Waals surface area contributed by atoms with E-state index in [2.05, 4.69) is 38.8 Å². The van der Waals surface area contributed by atoms with Gasteiger partial charge in [-0.25, -0.2) is 4.68 Å². The fourth-order valence-electron chi connectivity index (χ4n) is 3.34. The zero-order valence-electron chi connectivity index (χ0n) is 15.7. The fourth-order valence-corrected chi connectivity index (χ4v) is 3.34. The van der Waals surface area contributed by atoms with Crippen LogP contribution in [-0.2, 0) is 24.3 Å². The van der Waals surface area contributed by atoms with E-state index in [1.165, 1.54) is 11.1 Å². The zero-order valence-corrected chi connectivity index (χ0v) is 15.7. The molecule has 7 heteroatoms. The number of nitrogens with zero attached hydrogens (tertiary/aromatic N) is 5. The summed E-state index contributed by atoms with van der Waals surface area (Å²) in [5.41, 5.74) is 2.47. The van der Waals surface area contributed by atoms with Crippen LogP contribution in [0.5, 0.6) is 0 Å². The normalized spacial score (nSPS) is 16.3. The summed E-state index contributed by atoms with van der Waals surface area (Å²) in [5, 5.41) is 11.7. The van der Waals surface area contributed by atoms with Crippen LogP contribution in [0.2, 0.25) is 0 Å². The smallest absolute Gasteiger partial charge is 0.248 e. The van der Waals surface area contributed by atoms with Crippen LogP contribution >= 0.6 is 0 Å². The number of rotatable bonds is 5. The van der Waals surface area contributed by atoms with E-state index in [1.54, 1.807) is 0 Å². The van der Waals surface area contributed by atoms with Crippen LogP contribution in [0.4, 0.5) is 5.95 Å². The summed E-state index contributed by atoms with van der Waals surface area (Å²) >= 11 is 0. The van der Waals surface area contributed by atoms with Gasteiger partial charge in [0.1, 0.15) is 5.82 Å². The van der Waals surface area contributed by atoms with Gasteiger partial charge in [-0.2, -0.15) is 10.1 Å². The molecule has 27 heavy (non-hydrogen) atoms. The average molecular weight is 364 g/mol. The summed E-state index contributed by atoms with van der Waals surface area (Å²) < 4.78 is 3.89. The Morgan fingerprint density at radius 2 is 2.11 bits per heavy atom. The highest BCUT2D eigenvalue weighted by Gasteiger charge is 2.25. The summed E-state index contributed by atoms with van der Waals surface area (Å²) in [6, 6.07) is 10.3. The Labute approximate surface area is 158 Å². The molecule has 1 aliphatic heterocycles. The van der Waals surface area contributed by atoms with E-state index in [4.69, 9.17) is 0 Å². The summed E-state index contributed by atoms with van der Waals surface area (Å²) in [4.78, 5) is 16.4. The molecule has 140 valence electrons. The SMILES string of the molecule is CC(C)C(=O)Nc1nc2n(n1)CCC(c1cnn(Cc3ccccc3)c1)C2. The van der Waals surface area contributed by atoms with Crippen LogP contribution in [0.1, 0.15) is 43.1 Å². The van der Waals surface area contributed by atoms with Crippen molar-refractivity contribution >= 4 is 11.9 Å². The third kappa shape index (κ3) is 3.92. The maximum absolute atomic E-state index is 11.9. The number of amides is 1. The summed E-state index contributed by atoms with van der Waals surface area (Å²) in [5.74, 6) is 1.55. The molecule has 1 aliphatic rings. The Balaban J connectivity index is 1.44. The Morgan fingerprint density at radius 3 is 2.89 bits per heavy atom. The lowest BCUT2D eigenvalue weighted by atomic mass is 9.92. The lowest BCUT2D eigenvalue weighted by molar-refractivity contribution is -0.118. The number of carbonyl (C=O) groups excluding carboxylic acids is 1. The van der Waals surface area contributed by atoms with Gasteiger partial charge in [0.2, 0.25) is 11.9 Å². The molecule has 0 radical (unpaired) electrons. The molecule has 0 fully saturated rings. The van der Waals surface area contributed by atoms with E-state index in [0.717, 1.165) is 31.8 Å². The van der Waals surface area contributed by atoms with Gasteiger partial charge in [0.05, 0.1) is 12.7 Å². The van der Waals surface area contributed by atoms with Crippen molar-refractivity contribution in [3.63, 3.8) is 0 Å². The number of hydrogen-bond donors (Lipinski definition) is 1. The molecule has 3 aromatic rings. The molecule has 7 nitrogen and oxygen atoms in total. The minimum Gasteiger partial charge on any atom is -0.293 e. The van der Waals surface area contributed by atoms with E-state index >= 15 is 0 Å². The molecule has 0 saturated carbocycles. The van der Waals surface area contributed by atoms with E-state index in [0.29, 0.717) is 11.9 Å². The first-order valence-electron chi connectivity index (χ1n) is 9.39. The number of benzene rings is 1. The molecule has 4 rings (SSSR count). The van der Waals surface area contributed by atoms with Crippen LogP contribution in [-0.4, -0.2) is 30.5 Å². The van der Waals surface area contributed by atoms with Crippen molar-refractivity contribution in [3.8, 4) is 0 Å². The highest BCUT2D eigenvalue weighted by Crippen LogP contribution is 2.29. The largest absolute Gasteiger partial charge is 0.293 e. The first kappa shape index (κ1) is 17.5. The molecule has 1 atom stereocenters. The summed E-state index contributed by atoms with van der Waals surface area (Å²) in [6.45, 7) is 5.28. The Morgan fingerprint density at radius 1 is 1.30 bits per heavy atom. The second kappa shape index (κ2) is 7.34. The molecule has 0 aliphatic carbocycles. The van der Waals surface area contributed by atoms with Gasteiger partial charge in [-0.3, -0.25) is 14.8 Å². The van der Waals surface area contributed by atoms with Crippen molar-refractivity contribution in [1.82, 2.24) is 24.5 Å². The molecule has 3 heterocycles. The van der Waals surface area contributed by atoms with E-state index < -0.39 is 0 Å². The number of aromatic nitrogens is 5. The first-order valence-corrected chi connectivity index (χ1v) is 9.39. The predicted molar refractivity (Wildman–Crippen MR) is 102 cm³/mol. The van der Waals surface area contributed by atoms with Crippen molar-refractivity contribution in [2.24, 2.45) is 5.92 Å². The Bertz CT molecular complexity index is 927. The van der Waals surface area contributed by atoms with Gasteiger partial charge < -0.3 is 0 Å². The van der Waals surface area contributed by atoms with E-state index in [-0.39, 0.29) is 11.8 Å². The van der Waals surface area contributed by atoms with Crippen molar-refractivity contribution < 1.29 is 4.79 Å². The third-order valence-electron chi connectivity index (χ3n) is 4.94. The molecule has 0 bridgehead atoms. The number of fused-ring (bicyclic) bond motifs is 1. The van der Waals surface area contributed by atoms with Crippen molar-refractivity contribution in [2.75, 3.05) is 5.32 Å². The van der Waals surface area contributed by atoms with Crippen molar-refractivity contribution in [2.45, 2.75) is 45.7 Å². The average Bonchev–Trinajstić information content (AvgIpc) is 3.28. The number of nitrogens with one attached hydrogen (secondary N) is 1. The summed E-state index contributed by atoms with van der Waals surface area (Å²) in [6.07, 6.45) is 5.89. The maximum Gasteiger partial charge on any atom is 0.248 e. The van der Waals surface area contributed by atoms with Crippen LogP contribution in [0.15, 0.2) is 42.7 Å². The standard InChI is InChI=1S/C20H24N6O/c1-14(2)19(27)23-20-22-18-10-16(8-9-26(18)24-20)17-11-21-25(13-17)12-15-6-4-3-5-7-15/h3-7,11,13-14,16H,8-10,12H2,1-2H3,(H,23,24,27). The number of aryl methyl sites for hydroxylation is 1. The molecule has 1 N–H and O–H groups in total. The minimum atomic E-state index is -0.0891. The maximum atomic E-state index is 11.9. The fraction of sp³-hybridized carbons (Fsp3) is 0.400. The molecule has 1 amide bonds. The summed E-state index contributed by atoms with van der Waals surface area (Å²) in [7, 11) is 0. The van der Waals surface area contributed by atoms with E-state index in [9.17, 15) is 4.79 Å². The van der Waals surface area contributed by atoms with Crippen molar-refractivity contribution in [1.29, 1.82) is 0 Å². The van der Waals surface area contributed by atoms with Gasteiger partial charge in [0.15, 0.2) is 0 Å². The van der Waals surface area contributed by atoms with Gasteiger partial charge >= 0.3 is 0 Å². The van der Waals surface area contributed by atoms with Crippen LogP contribution in [0, 0.1) is 5.92 Å². The molecule has 0 spiro atoms. The minimum absolute atomic E-state index is 0.0586. The number of carbonyl (C=O) groups is 1. The quantitative estimate of drug-likeness (QED) is 0.755. The Hall–Kier alpha value is -2.96. The van der Waals surface area contributed by atoms with Gasteiger partial charge in [0.25, 0.3) is 0 Å². The van der Waals surface area contributed by atoms with Crippen molar-refractivity contribution in [3.05, 3.63) is 59.7 Å². The lowest BCUT2D eigenvalue weighted by Gasteiger charge is -2.20. The molecular weight excluding hydrogens is 340 g/mol. The topological polar surface area (TPSA) is 77.6 Å². The van der Waals surface area contributed by atoms with Gasteiger partial charge in [-0.1, -0.05) is 44.2 Å². The van der Waals surface area contributed by atoms with Gasteiger partial charge in [-0.15, -0.1) is 5.10 Å². The molecule has 1 unspecified atom stereocenters. The molecular formula is C20H24N6O. The number of hydrogen-bond acceptors (Lipinski definition) is 4. The van der Waals surface area contributed by atoms with Crippen LogP contribution < -0.4 is 5.32 Å². The lowest BCUT2D eigenvalue weighted by Crippen LogP contribution is -2.19. The zero-order chi connectivity index (χ0) is 18.8. The van der Waals surface area contributed by atoms with E-state index in [1.807, 2.05) is 47.6 Å². The second-order valence-electron chi connectivity index (χ2n) is 7.37. The number of anilines is 1. The van der Waals surface area contributed by atoms with Gasteiger partial charge in [0, 0.05) is 25.1 Å². The highest BCUT2D eigenvalue weighted by atomic mass is 16.2. The molecule has 0 saturated heterocycles. The third-order valence-corrected chi connectivity index (χ3v) is 4.94. The molecule has 1 aromatic carbocycles. The predicted octanol–water partition coefficient (Wildman–Crippen LogP) is 2.85. The highest BCUT2D eigenvalue weighted by molar-refractivity contribution is 5.90. The molecule has 2 aromatic heterocycles.